The highest BCUT2D eigenvalue weighted by atomic mass is 35.5. The molecule has 2 aromatic rings. The van der Waals surface area contributed by atoms with E-state index in [1.54, 1.807) is 26.4 Å². The minimum atomic E-state index is -3.72. The minimum Gasteiger partial charge on any atom is -0.493 e. The SMILES string of the molecule is CCN1CCc2cc(OC)c(OC)cc2[C@@H]1[C@H](NS(=O)(=O)c1ccc(Cl)cc1)C(C)C. The van der Waals surface area contributed by atoms with Crippen LogP contribution >= 0.6 is 11.6 Å². The van der Waals surface area contributed by atoms with E-state index in [9.17, 15) is 8.42 Å². The summed E-state index contributed by atoms with van der Waals surface area (Å²) in [5.74, 6) is 1.39. The van der Waals surface area contributed by atoms with E-state index in [1.165, 1.54) is 12.1 Å². The summed E-state index contributed by atoms with van der Waals surface area (Å²) in [7, 11) is -0.486. The molecule has 0 amide bonds. The van der Waals surface area contributed by atoms with E-state index in [0.29, 0.717) is 16.5 Å². The number of rotatable bonds is 8. The maximum Gasteiger partial charge on any atom is 0.240 e. The Morgan fingerprint density at radius 1 is 1.13 bits per heavy atom. The summed E-state index contributed by atoms with van der Waals surface area (Å²) in [6.07, 6.45) is 0.870. The number of nitrogens with one attached hydrogen (secondary N) is 1. The minimum absolute atomic E-state index is 0.0557. The molecule has 0 unspecified atom stereocenters. The van der Waals surface area contributed by atoms with Gasteiger partial charge >= 0.3 is 0 Å². The summed E-state index contributed by atoms with van der Waals surface area (Å²) >= 11 is 5.94. The molecular formula is C23H31ClN2O4S. The third kappa shape index (κ3) is 5.00. The summed E-state index contributed by atoms with van der Waals surface area (Å²) in [5.41, 5.74) is 2.23. The van der Waals surface area contributed by atoms with E-state index in [0.717, 1.165) is 30.6 Å². The number of hydrogen-bond acceptors (Lipinski definition) is 5. The summed E-state index contributed by atoms with van der Waals surface area (Å²) < 4.78 is 40.4. The lowest BCUT2D eigenvalue weighted by atomic mass is 9.84. The number of ether oxygens (including phenoxy) is 2. The van der Waals surface area contributed by atoms with Gasteiger partial charge in [-0.25, -0.2) is 13.1 Å². The molecule has 1 aliphatic rings. The lowest BCUT2D eigenvalue weighted by molar-refractivity contribution is 0.141. The first-order chi connectivity index (χ1) is 14.7. The molecule has 1 aliphatic heterocycles. The predicted octanol–water partition coefficient (Wildman–Crippen LogP) is 4.28. The van der Waals surface area contributed by atoms with Gasteiger partial charge in [-0.15, -0.1) is 0 Å². The van der Waals surface area contributed by atoms with E-state index < -0.39 is 10.0 Å². The number of likely N-dealkylation sites (N-methyl/N-ethyl adjacent to an activating group) is 1. The van der Waals surface area contributed by atoms with Gasteiger partial charge in [-0.3, -0.25) is 4.90 Å². The molecule has 0 saturated heterocycles. The van der Waals surface area contributed by atoms with E-state index in [-0.39, 0.29) is 22.9 Å². The van der Waals surface area contributed by atoms with Crippen molar-refractivity contribution < 1.29 is 17.9 Å². The van der Waals surface area contributed by atoms with Crippen LogP contribution in [0.4, 0.5) is 0 Å². The summed E-state index contributed by atoms with van der Waals surface area (Å²) in [6.45, 7) is 7.83. The number of fused-ring (bicyclic) bond motifs is 1. The third-order valence-corrected chi connectivity index (χ3v) is 7.63. The van der Waals surface area contributed by atoms with Crippen LogP contribution in [0.25, 0.3) is 0 Å². The molecule has 8 heteroatoms. The zero-order valence-corrected chi connectivity index (χ0v) is 20.3. The second-order valence-corrected chi connectivity index (χ2v) is 10.2. The Morgan fingerprint density at radius 2 is 1.74 bits per heavy atom. The van der Waals surface area contributed by atoms with E-state index >= 15 is 0 Å². The average Bonchev–Trinajstić information content (AvgIpc) is 2.75. The molecule has 31 heavy (non-hydrogen) atoms. The van der Waals surface area contributed by atoms with Crippen molar-refractivity contribution in [2.75, 3.05) is 27.3 Å². The van der Waals surface area contributed by atoms with Crippen LogP contribution in [-0.4, -0.2) is 46.7 Å². The van der Waals surface area contributed by atoms with Crippen molar-refractivity contribution in [1.29, 1.82) is 0 Å². The van der Waals surface area contributed by atoms with Crippen LogP contribution in [-0.2, 0) is 16.4 Å². The van der Waals surface area contributed by atoms with Gasteiger partial charge in [-0.05, 0) is 66.4 Å². The Morgan fingerprint density at radius 3 is 2.29 bits per heavy atom. The largest absolute Gasteiger partial charge is 0.493 e. The zero-order chi connectivity index (χ0) is 22.8. The fourth-order valence-electron chi connectivity index (χ4n) is 4.23. The van der Waals surface area contributed by atoms with Crippen LogP contribution < -0.4 is 14.2 Å². The van der Waals surface area contributed by atoms with Crippen LogP contribution in [0, 0.1) is 5.92 Å². The van der Waals surface area contributed by atoms with Crippen molar-refractivity contribution >= 4 is 21.6 Å². The van der Waals surface area contributed by atoms with Gasteiger partial charge in [0.15, 0.2) is 11.5 Å². The molecule has 0 radical (unpaired) electrons. The van der Waals surface area contributed by atoms with Gasteiger partial charge < -0.3 is 9.47 Å². The lowest BCUT2D eigenvalue weighted by Gasteiger charge is -2.43. The Kier molecular flexibility index (Phi) is 7.52. The van der Waals surface area contributed by atoms with Crippen molar-refractivity contribution in [3.8, 4) is 11.5 Å². The van der Waals surface area contributed by atoms with Crippen LogP contribution in [0.5, 0.6) is 11.5 Å². The smallest absolute Gasteiger partial charge is 0.240 e. The van der Waals surface area contributed by atoms with Gasteiger partial charge in [0.25, 0.3) is 0 Å². The molecule has 1 heterocycles. The number of nitrogens with zero attached hydrogens (tertiary/aromatic N) is 1. The van der Waals surface area contributed by atoms with E-state index in [1.807, 2.05) is 26.0 Å². The first kappa shape index (κ1) is 23.9. The van der Waals surface area contributed by atoms with Gasteiger partial charge in [0.05, 0.1) is 25.2 Å². The molecule has 0 fully saturated rings. The average molecular weight is 467 g/mol. The topological polar surface area (TPSA) is 67.9 Å². The number of halogens is 1. The molecule has 6 nitrogen and oxygen atoms in total. The van der Waals surface area contributed by atoms with Gasteiger partial charge in [-0.2, -0.15) is 0 Å². The van der Waals surface area contributed by atoms with Crippen molar-refractivity contribution in [3.63, 3.8) is 0 Å². The zero-order valence-electron chi connectivity index (χ0n) is 18.7. The number of methoxy groups -OCH3 is 2. The molecule has 0 spiro atoms. The molecule has 0 saturated carbocycles. The second-order valence-electron chi connectivity index (χ2n) is 8.07. The normalized spacial score (nSPS) is 18.0. The predicted molar refractivity (Wildman–Crippen MR) is 124 cm³/mol. The second kappa shape index (κ2) is 9.77. The van der Waals surface area contributed by atoms with Crippen molar-refractivity contribution in [3.05, 3.63) is 52.5 Å². The first-order valence-corrected chi connectivity index (χ1v) is 12.3. The van der Waals surface area contributed by atoms with Crippen LogP contribution in [0.3, 0.4) is 0 Å². The van der Waals surface area contributed by atoms with Crippen LogP contribution in [0.1, 0.15) is 37.9 Å². The molecule has 3 rings (SSSR count). The molecule has 0 aliphatic carbocycles. The molecule has 2 aromatic carbocycles. The van der Waals surface area contributed by atoms with Crippen molar-refractivity contribution in [2.45, 2.75) is 44.2 Å². The van der Waals surface area contributed by atoms with Gasteiger partial charge in [0.1, 0.15) is 0 Å². The molecule has 2 atom stereocenters. The van der Waals surface area contributed by atoms with E-state index in [4.69, 9.17) is 21.1 Å². The lowest BCUT2D eigenvalue weighted by Crippen LogP contribution is -2.51. The molecule has 1 N–H and O–H groups in total. The summed E-state index contributed by atoms with van der Waals surface area (Å²) in [4.78, 5) is 2.53. The maximum atomic E-state index is 13.2. The van der Waals surface area contributed by atoms with E-state index in [2.05, 4.69) is 16.5 Å². The fourth-order valence-corrected chi connectivity index (χ4v) is 5.75. The van der Waals surface area contributed by atoms with Crippen LogP contribution in [0.15, 0.2) is 41.3 Å². The van der Waals surface area contributed by atoms with Crippen molar-refractivity contribution in [2.24, 2.45) is 5.92 Å². The number of hydrogen-bond donors (Lipinski definition) is 1. The number of sulfonamides is 1. The highest BCUT2D eigenvalue weighted by Crippen LogP contribution is 2.41. The quantitative estimate of drug-likeness (QED) is 0.628. The number of benzene rings is 2. The van der Waals surface area contributed by atoms with Gasteiger partial charge in [0.2, 0.25) is 10.0 Å². The standard InChI is InChI=1S/C23H31ClN2O4S/c1-6-26-12-11-16-13-20(29-4)21(30-5)14-19(16)23(26)22(15(2)3)25-31(27,28)18-9-7-17(24)8-10-18/h7-10,13-15,22-23,25H,6,11-12H2,1-5H3/t22-,23-/m1/s1. The Bertz CT molecular complexity index is 1010. The molecular weight excluding hydrogens is 436 g/mol. The highest BCUT2D eigenvalue weighted by Gasteiger charge is 2.38. The summed E-state index contributed by atoms with van der Waals surface area (Å²) in [6, 6.07) is 9.78. The molecule has 0 aromatic heterocycles. The Balaban J connectivity index is 2.06. The fraction of sp³-hybridized carbons (Fsp3) is 0.478. The van der Waals surface area contributed by atoms with Crippen LogP contribution in [0.2, 0.25) is 5.02 Å². The molecule has 170 valence electrons. The maximum absolute atomic E-state index is 13.2. The Labute approximate surface area is 190 Å². The highest BCUT2D eigenvalue weighted by molar-refractivity contribution is 7.89. The van der Waals surface area contributed by atoms with Crippen molar-refractivity contribution in [1.82, 2.24) is 9.62 Å². The first-order valence-electron chi connectivity index (χ1n) is 10.5. The molecule has 0 bridgehead atoms. The van der Waals surface area contributed by atoms with Gasteiger partial charge in [-0.1, -0.05) is 32.4 Å². The monoisotopic (exact) mass is 466 g/mol. The third-order valence-electron chi connectivity index (χ3n) is 5.91. The van der Waals surface area contributed by atoms with Gasteiger partial charge in [0, 0.05) is 17.6 Å². The Hall–Kier alpha value is -1.80. The summed E-state index contributed by atoms with van der Waals surface area (Å²) in [5, 5.41) is 0.499.